The number of ether oxygens (including phenoxy) is 1. The van der Waals surface area contributed by atoms with Gasteiger partial charge in [0.1, 0.15) is 8.42 Å². The molecule has 0 spiro atoms. The topological polar surface area (TPSA) is 122 Å². The van der Waals surface area contributed by atoms with E-state index in [1.165, 1.54) is 17.3 Å². The number of likely N-dealkylation sites (N-methyl/N-ethyl adjacent to an activating group) is 1. The lowest BCUT2D eigenvalue weighted by Gasteiger charge is -2.32. The van der Waals surface area contributed by atoms with Crippen LogP contribution in [0.1, 0.15) is 38.3 Å². The summed E-state index contributed by atoms with van der Waals surface area (Å²) in [7, 11) is -6.37. The highest BCUT2D eigenvalue weighted by Gasteiger charge is 2.40. The summed E-state index contributed by atoms with van der Waals surface area (Å²) in [5.74, 6) is -0.645. The average Bonchev–Trinajstić information content (AvgIpc) is 3.06. The second kappa shape index (κ2) is 8.97. The largest absolute Gasteiger partial charge is 0.385 e. The van der Waals surface area contributed by atoms with Crippen LogP contribution in [0.15, 0.2) is 14.5 Å². The molecule has 1 aromatic rings. The van der Waals surface area contributed by atoms with Crippen molar-refractivity contribution in [2.75, 3.05) is 33.4 Å². The maximum Gasteiger partial charge on any atom is 0.273 e. The van der Waals surface area contributed by atoms with Crippen LogP contribution < -0.4 is 10.0 Å². The summed E-state index contributed by atoms with van der Waals surface area (Å²) in [5.41, 5.74) is 0.425. The zero-order valence-electron chi connectivity index (χ0n) is 15.5. The summed E-state index contributed by atoms with van der Waals surface area (Å²) in [4.78, 5) is 11.5. The van der Waals surface area contributed by atoms with Gasteiger partial charge in [-0.1, -0.05) is 13.8 Å². The van der Waals surface area contributed by atoms with Crippen molar-refractivity contribution in [2.45, 2.75) is 41.1 Å². The van der Waals surface area contributed by atoms with Crippen LogP contribution in [0.2, 0.25) is 0 Å². The number of nitrogens with zero attached hydrogens (tertiary/aromatic N) is 1. The number of rotatable bonds is 9. The zero-order valence-corrected chi connectivity index (χ0v) is 18.0. The Bertz CT molecular complexity index is 879. The van der Waals surface area contributed by atoms with E-state index in [2.05, 4.69) is 5.32 Å². The SMILES string of the molecule is CCN[C@H]1CN(CCCOC)S(=O)(=O)c2sc(S(=O)(=O)NC(=O)CC)cc21. The van der Waals surface area contributed by atoms with Gasteiger partial charge in [-0.05, 0) is 19.0 Å². The Kier molecular flexibility index (Phi) is 7.39. The van der Waals surface area contributed by atoms with Gasteiger partial charge in [0, 0.05) is 44.8 Å². The Morgan fingerprint density at radius 2 is 2.11 bits per heavy atom. The number of sulfonamides is 2. The second-order valence-electron chi connectivity index (χ2n) is 6.01. The van der Waals surface area contributed by atoms with Gasteiger partial charge in [-0.3, -0.25) is 4.79 Å². The first-order valence-corrected chi connectivity index (χ1v) is 12.3. The van der Waals surface area contributed by atoms with Crippen LogP contribution in [0.3, 0.4) is 0 Å². The Morgan fingerprint density at radius 1 is 1.41 bits per heavy atom. The van der Waals surface area contributed by atoms with Crippen LogP contribution in [0.25, 0.3) is 0 Å². The summed E-state index contributed by atoms with van der Waals surface area (Å²) in [6.45, 7) is 4.95. The summed E-state index contributed by atoms with van der Waals surface area (Å²) in [6.07, 6.45) is 0.545. The third-order valence-corrected chi connectivity index (χ3v) is 9.47. The molecule has 0 aromatic carbocycles. The number of methoxy groups -OCH3 is 1. The first kappa shape index (κ1) is 22.2. The van der Waals surface area contributed by atoms with Crippen molar-refractivity contribution in [3.8, 4) is 0 Å². The van der Waals surface area contributed by atoms with Crippen molar-refractivity contribution in [3.63, 3.8) is 0 Å². The Labute approximate surface area is 164 Å². The molecule has 0 aliphatic carbocycles. The van der Waals surface area contributed by atoms with Crippen LogP contribution in [-0.2, 0) is 29.6 Å². The third kappa shape index (κ3) is 4.87. The van der Waals surface area contributed by atoms with Gasteiger partial charge in [0.2, 0.25) is 5.91 Å². The molecular weight excluding hydrogens is 414 g/mol. The molecule has 1 atom stereocenters. The quantitative estimate of drug-likeness (QED) is 0.542. The minimum Gasteiger partial charge on any atom is -0.385 e. The summed E-state index contributed by atoms with van der Waals surface area (Å²) in [6, 6.07) is 1.03. The number of amides is 1. The molecule has 1 amide bonds. The van der Waals surface area contributed by atoms with Gasteiger partial charge >= 0.3 is 0 Å². The normalized spacial score (nSPS) is 19.6. The molecule has 0 unspecified atom stereocenters. The average molecular weight is 440 g/mol. The van der Waals surface area contributed by atoms with Gasteiger partial charge in [-0.2, -0.15) is 4.31 Å². The predicted octanol–water partition coefficient (Wildman–Crippen LogP) is 0.654. The number of carbonyl (C=O) groups excluding carboxylic acids is 1. The molecule has 1 aliphatic heterocycles. The van der Waals surface area contributed by atoms with Crippen molar-refractivity contribution < 1.29 is 26.4 Å². The van der Waals surface area contributed by atoms with Crippen molar-refractivity contribution in [2.24, 2.45) is 0 Å². The molecule has 0 saturated carbocycles. The number of hydrogen-bond acceptors (Lipinski definition) is 8. The molecule has 2 heterocycles. The third-order valence-electron chi connectivity index (χ3n) is 4.08. The summed E-state index contributed by atoms with van der Waals surface area (Å²) < 4.78 is 58.9. The molecular formula is C15H25N3O6S3. The maximum atomic E-state index is 13.0. The Hall–Kier alpha value is -1.05. The molecule has 0 fully saturated rings. The molecule has 27 heavy (non-hydrogen) atoms. The number of hydrogen-bond donors (Lipinski definition) is 2. The minimum absolute atomic E-state index is 0.00133. The van der Waals surface area contributed by atoms with Crippen molar-refractivity contribution >= 4 is 37.3 Å². The lowest BCUT2D eigenvalue weighted by molar-refractivity contribution is -0.119. The number of carbonyl (C=O) groups is 1. The van der Waals surface area contributed by atoms with E-state index in [1.807, 2.05) is 11.6 Å². The molecule has 154 valence electrons. The summed E-state index contributed by atoms with van der Waals surface area (Å²) >= 11 is 0.671. The molecule has 1 aliphatic rings. The van der Waals surface area contributed by atoms with Gasteiger partial charge in [-0.25, -0.2) is 21.6 Å². The van der Waals surface area contributed by atoms with Crippen molar-refractivity contribution in [1.29, 1.82) is 0 Å². The second-order valence-corrected chi connectivity index (χ2v) is 11.1. The molecule has 0 saturated heterocycles. The van der Waals surface area contributed by atoms with Gasteiger partial charge in [0.15, 0.2) is 0 Å². The van der Waals surface area contributed by atoms with E-state index in [4.69, 9.17) is 4.74 Å². The molecule has 9 nitrogen and oxygen atoms in total. The molecule has 0 radical (unpaired) electrons. The van der Waals surface area contributed by atoms with E-state index < -0.39 is 26.0 Å². The van der Waals surface area contributed by atoms with Crippen LogP contribution in [0.4, 0.5) is 0 Å². The Balaban J connectivity index is 2.44. The first-order valence-electron chi connectivity index (χ1n) is 8.59. The van der Waals surface area contributed by atoms with Crippen LogP contribution in [0, 0.1) is 0 Å². The van der Waals surface area contributed by atoms with E-state index >= 15 is 0 Å². The van der Waals surface area contributed by atoms with Crippen molar-refractivity contribution in [3.05, 3.63) is 11.6 Å². The molecule has 2 N–H and O–H groups in total. The van der Waals surface area contributed by atoms with Crippen molar-refractivity contribution in [1.82, 2.24) is 14.3 Å². The Morgan fingerprint density at radius 3 is 2.70 bits per heavy atom. The molecule has 0 bridgehead atoms. The maximum absolute atomic E-state index is 13.0. The van der Waals surface area contributed by atoms with Crippen LogP contribution >= 0.6 is 11.3 Å². The highest BCUT2D eigenvalue weighted by Crippen LogP contribution is 2.40. The van der Waals surface area contributed by atoms with Gasteiger partial charge in [0.25, 0.3) is 20.0 Å². The first-order chi connectivity index (χ1) is 12.7. The number of nitrogens with one attached hydrogen (secondary N) is 2. The van der Waals surface area contributed by atoms with E-state index in [0.717, 1.165) is 0 Å². The highest BCUT2D eigenvalue weighted by atomic mass is 32.3. The zero-order chi connectivity index (χ0) is 20.2. The molecule has 1 aromatic heterocycles. The van der Waals surface area contributed by atoms with E-state index in [-0.39, 0.29) is 34.0 Å². The number of thiophene rings is 1. The van der Waals surface area contributed by atoms with Gasteiger partial charge < -0.3 is 10.1 Å². The number of fused-ring (bicyclic) bond motifs is 1. The van der Waals surface area contributed by atoms with Gasteiger partial charge in [0.05, 0.1) is 0 Å². The predicted molar refractivity (Wildman–Crippen MR) is 102 cm³/mol. The highest BCUT2D eigenvalue weighted by molar-refractivity contribution is 7.94. The van der Waals surface area contributed by atoms with Crippen LogP contribution in [-0.4, -0.2) is 60.4 Å². The van der Waals surface area contributed by atoms with Crippen LogP contribution in [0.5, 0.6) is 0 Å². The lowest BCUT2D eigenvalue weighted by atomic mass is 10.1. The van der Waals surface area contributed by atoms with Gasteiger partial charge in [-0.15, -0.1) is 11.3 Å². The fourth-order valence-electron chi connectivity index (χ4n) is 2.75. The molecule has 12 heteroatoms. The molecule has 2 rings (SSSR count). The standard InChI is InChI=1S/C15H25N3O6S3/c1-4-13(19)17-26(20,21)14-9-11-12(16-5-2)10-18(7-6-8-24-3)27(22,23)15(11)25-14/h9,12,16H,4-8,10H2,1-3H3,(H,17,19)/t12-/m0/s1. The summed E-state index contributed by atoms with van der Waals surface area (Å²) in [5, 5.41) is 3.20. The minimum atomic E-state index is -4.10. The smallest absolute Gasteiger partial charge is 0.273 e. The van der Waals surface area contributed by atoms with E-state index in [1.54, 1.807) is 7.11 Å². The lowest BCUT2D eigenvalue weighted by Crippen LogP contribution is -2.43. The monoisotopic (exact) mass is 439 g/mol. The fraction of sp³-hybridized carbons (Fsp3) is 0.667. The fourth-order valence-corrected chi connectivity index (χ4v) is 7.69. The van der Waals surface area contributed by atoms with E-state index in [0.29, 0.717) is 36.5 Å². The van der Waals surface area contributed by atoms with E-state index in [9.17, 15) is 21.6 Å².